The number of nitrogens with one attached hydrogen (secondary N) is 1. The van der Waals surface area contributed by atoms with Gasteiger partial charge in [-0.2, -0.15) is 0 Å². The van der Waals surface area contributed by atoms with Crippen molar-refractivity contribution in [3.63, 3.8) is 0 Å². The van der Waals surface area contributed by atoms with E-state index in [0.717, 1.165) is 31.9 Å². The van der Waals surface area contributed by atoms with E-state index in [0.29, 0.717) is 24.3 Å². The van der Waals surface area contributed by atoms with Crippen molar-refractivity contribution < 1.29 is 8.78 Å². The van der Waals surface area contributed by atoms with E-state index in [1.165, 1.54) is 19.3 Å². The van der Waals surface area contributed by atoms with Crippen molar-refractivity contribution in [3.05, 3.63) is 17.7 Å². The summed E-state index contributed by atoms with van der Waals surface area (Å²) in [4.78, 5) is 6.31. The first kappa shape index (κ1) is 14.5. The second kappa shape index (κ2) is 6.16. The molecule has 21 heavy (non-hydrogen) atoms. The van der Waals surface area contributed by atoms with Crippen molar-refractivity contribution in [2.24, 2.45) is 5.92 Å². The average molecular weight is 295 g/mol. The Kier molecular flexibility index (Phi) is 4.27. The van der Waals surface area contributed by atoms with Gasteiger partial charge in [-0.25, -0.2) is 13.8 Å². The summed E-state index contributed by atoms with van der Waals surface area (Å²) in [5.41, 5.74) is 0. The standard InChI is InChI=1S/C16H23F2N3/c1-2-8-19-15-12(17)10-13(18)16(20-15)21-9-7-11-5-3-4-6-14(11)21/h10-11,14H,2-9H2,1H3,(H,19,20). The largest absolute Gasteiger partial charge is 0.368 e. The number of rotatable bonds is 4. The minimum absolute atomic E-state index is 0.174. The molecule has 1 aliphatic carbocycles. The fourth-order valence-electron chi connectivity index (χ4n) is 3.69. The van der Waals surface area contributed by atoms with E-state index >= 15 is 0 Å². The fraction of sp³-hybridized carbons (Fsp3) is 0.688. The molecular weight excluding hydrogens is 272 g/mol. The summed E-state index contributed by atoms with van der Waals surface area (Å²) in [7, 11) is 0. The molecule has 0 amide bonds. The van der Waals surface area contributed by atoms with Gasteiger partial charge in [-0.1, -0.05) is 19.8 Å². The van der Waals surface area contributed by atoms with Crippen LogP contribution < -0.4 is 10.2 Å². The van der Waals surface area contributed by atoms with Gasteiger partial charge in [0.25, 0.3) is 0 Å². The third-order valence-electron chi connectivity index (χ3n) is 4.74. The first-order chi connectivity index (χ1) is 10.2. The molecular formula is C16H23F2N3. The smallest absolute Gasteiger partial charge is 0.168 e. The molecule has 2 heterocycles. The van der Waals surface area contributed by atoms with Crippen LogP contribution in [0.4, 0.5) is 20.4 Å². The van der Waals surface area contributed by atoms with Gasteiger partial charge in [-0.3, -0.25) is 0 Å². The summed E-state index contributed by atoms with van der Waals surface area (Å²) < 4.78 is 28.0. The van der Waals surface area contributed by atoms with Crippen LogP contribution in [0.1, 0.15) is 45.4 Å². The van der Waals surface area contributed by atoms with E-state index in [2.05, 4.69) is 15.2 Å². The molecule has 3 nitrogen and oxygen atoms in total. The van der Waals surface area contributed by atoms with Gasteiger partial charge in [0.15, 0.2) is 23.3 Å². The zero-order valence-electron chi connectivity index (χ0n) is 12.5. The van der Waals surface area contributed by atoms with Crippen molar-refractivity contribution in [2.45, 2.75) is 51.5 Å². The maximum absolute atomic E-state index is 14.2. The van der Waals surface area contributed by atoms with Gasteiger partial charge >= 0.3 is 0 Å². The van der Waals surface area contributed by atoms with Crippen LogP contribution in [-0.4, -0.2) is 24.1 Å². The highest BCUT2D eigenvalue weighted by atomic mass is 19.1. The van der Waals surface area contributed by atoms with Crippen LogP contribution in [-0.2, 0) is 0 Å². The highest BCUT2D eigenvalue weighted by Crippen LogP contribution is 2.39. The van der Waals surface area contributed by atoms with Crippen molar-refractivity contribution in [1.29, 1.82) is 0 Å². The Labute approximate surface area is 124 Å². The summed E-state index contributed by atoms with van der Waals surface area (Å²) in [6, 6.07) is 1.35. The summed E-state index contributed by atoms with van der Waals surface area (Å²) in [5, 5.41) is 2.95. The molecule has 1 N–H and O–H groups in total. The van der Waals surface area contributed by atoms with Crippen LogP contribution in [0.15, 0.2) is 6.07 Å². The molecule has 1 aromatic heterocycles. The molecule has 5 heteroatoms. The van der Waals surface area contributed by atoms with E-state index < -0.39 is 11.6 Å². The number of fused-ring (bicyclic) bond motifs is 1. The minimum Gasteiger partial charge on any atom is -0.368 e. The van der Waals surface area contributed by atoms with Gasteiger partial charge < -0.3 is 10.2 Å². The zero-order valence-corrected chi connectivity index (χ0v) is 12.5. The molecule has 2 aliphatic rings. The highest BCUT2D eigenvalue weighted by molar-refractivity contribution is 5.51. The van der Waals surface area contributed by atoms with E-state index in [4.69, 9.17) is 0 Å². The van der Waals surface area contributed by atoms with Crippen LogP contribution in [0, 0.1) is 17.6 Å². The van der Waals surface area contributed by atoms with Crippen molar-refractivity contribution in [3.8, 4) is 0 Å². The summed E-state index contributed by atoms with van der Waals surface area (Å²) in [6.07, 6.45) is 6.77. The zero-order chi connectivity index (χ0) is 14.8. The Morgan fingerprint density at radius 2 is 2.05 bits per heavy atom. The van der Waals surface area contributed by atoms with Gasteiger partial charge in [0.05, 0.1) is 0 Å². The lowest BCUT2D eigenvalue weighted by Crippen LogP contribution is -2.36. The quantitative estimate of drug-likeness (QED) is 0.911. The molecule has 1 aliphatic heterocycles. The molecule has 2 unspecified atom stereocenters. The molecule has 0 bridgehead atoms. The van der Waals surface area contributed by atoms with Crippen LogP contribution in [0.25, 0.3) is 0 Å². The lowest BCUT2D eigenvalue weighted by molar-refractivity contribution is 0.340. The third kappa shape index (κ3) is 2.83. The van der Waals surface area contributed by atoms with Gasteiger partial charge in [0, 0.05) is 25.2 Å². The van der Waals surface area contributed by atoms with E-state index in [-0.39, 0.29) is 5.82 Å². The SMILES string of the molecule is CCCNc1nc(N2CCC3CCCCC32)c(F)cc1F. The molecule has 2 atom stereocenters. The predicted molar refractivity (Wildman–Crippen MR) is 80.6 cm³/mol. The van der Waals surface area contributed by atoms with E-state index in [9.17, 15) is 8.78 Å². The van der Waals surface area contributed by atoms with E-state index in [1.807, 2.05) is 6.92 Å². The van der Waals surface area contributed by atoms with Crippen LogP contribution in [0.2, 0.25) is 0 Å². The Hall–Kier alpha value is -1.39. The van der Waals surface area contributed by atoms with Crippen LogP contribution >= 0.6 is 0 Å². The Bertz CT molecular complexity index is 507. The molecule has 0 spiro atoms. The maximum atomic E-state index is 14.2. The lowest BCUT2D eigenvalue weighted by Gasteiger charge is -2.32. The second-order valence-corrected chi connectivity index (χ2v) is 6.14. The number of pyridine rings is 1. The van der Waals surface area contributed by atoms with Gasteiger partial charge in [0.1, 0.15) is 0 Å². The summed E-state index contributed by atoms with van der Waals surface area (Å²) >= 11 is 0. The number of anilines is 2. The minimum atomic E-state index is -0.607. The normalized spacial score (nSPS) is 25.0. The molecule has 116 valence electrons. The van der Waals surface area contributed by atoms with E-state index in [1.54, 1.807) is 0 Å². The number of halogens is 2. The first-order valence-electron chi connectivity index (χ1n) is 8.07. The fourth-order valence-corrected chi connectivity index (χ4v) is 3.69. The van der Waals surface area contributed by atoms with Gasteiger partial charge in [-0.05, 0) is 31.6 Å². The van der Waals surface area contributed by atoms with Crippen LogP contribution in [0.3, 0.4) is 0 Å². The number of aromatic nitrogens is 1. The molecule has 2 fully saturated rings. The van der Waals surface area contributed by atoms with Crippen molar-refractivity contribution >= 4 is 11.6 Å². The first-order valence-corrected chi connectivity index (χ1v) is 8.07. The molecule has 3 rings (SSSR count). The van der Waals surface area contributed by atoms with Gasteiger partial charge in [-0.15, -0.1) is 0 Å². The molecule has 1 aromatic rings. The van der Waals surface area contributed by atoms with Gasteiger partial charge in [0.2, 0.25) is 0 Å². The predicted octanol–water partition coefficient (Wildman–Crippen LogP) is 3.95. The molecule has 1 saturated carbocycles. The van der Waals surface area contributed by atoms with Crippen molar-refractivity contribution in [2.75, 3.05) is 23.3 Å². The second-order valence-electron chi connectivity index (χ2n) is 6.14. The maximum Gasteiger partial charge on any atom is 0.168 e. The molecule has 0 radical (unpaired) electrons. The summed E-state index contributed by atoms with van der Waals surface area (Å²) in [6.45, 7) is 3.47. The van der Waals surface area contributed by atoms with Crippen molar-refractivity contribution in [1.82, 2.24) is 4.98 Å². The Morgan fingerprint density at radius 3 is 2.86 bits per heavy atom. The number of nitrogens with zero attached hydrogens (tertiary/aromatic N) is 2. The molecule has 1 saturated heterocycles. The number of hydrogen-bond acceptors (Lipinski definition) is 3. The average Bonchev–Trinajstić information content (AvgIpc) is 2.90. The summed E-state index contributed by atoms with van der Waals surface area (Å²) in [5.74, 6) is -0.00108. The Balaban J connectivity index is 1.87. The third-order valence-corrected chi connectivity index (χ3v) is 4.74. The lowest BCUT2D eigenvalue weighted by atomic mass is 9.85. The van der Waals surface area contributed by atoms with Crippen LogP contribution in [0.5, 0.6) is 0 Å². The number of hydrogen-bond donors (Lipinski definition) is 1. The highest BCUT2D eigenvalue weighted by Gasteiger charge is 2.37. The molecule has 0 aromatic carbocycles. The topological polar surface area (TPSA) is 28.2 Å². The monoisotopic (exact) mass is 295 g/mol. The Morgan fingerprint density at radius 1 is 1.24 bits per heavy atom.